The largest absolute Gasteiger partial charge is 0.336 e. The Morgan fingerprint density at radius 3 is 2.45 bits per heavy atom. The maximum absolute atomic E-state index is 13.1. The van der Waals surface area contributed by atoms with Crippen LogP contribution in [-0.2, 0) is 9.59 Å². The van der Waals surface area contributed by atoms with E-state index in [1.807, 2.05) is 19.1 Å². The third-order valence-electron chi connectivity index (χ3n) is 4.78. The van der Waals surface area contributed by atoms with Crippen LogP contribution in [0, 0.1) is 6.92 Å². The maximum Gasteiger partial charge on any atom is 0.336 e. The molecule has 31 heavy (non-hydrogen) atoms. The zero-order valence-corrected chi connectivity index (χ0v) is 18.3. The number of aromatic nitrogens is 1. The zero-order chi connectivity index (χ0) is 22.3. The van der Waals surface area contributed by atoms with Crippen LogP contribution in [0.1, 0.15) is 11.3 Å². The monoisotopic (exact) mass is 473 g/mol. The molecule has 1 aliphatic rings. The lowest BCUT2D eigenvalue weighted by Crippen LogP contribution is -2.54. The Morgan fingerprint density at radius 2 is 1.71 bits per heavy atom. The highest BCUT2D eigenvalue weighted by Crippen LogP contribution is 2.34. The molecule has 2 heterocycles. The fourth-order valence-corrected chi connectivity index (χ4v) is 3.72. The molecule has 2 aromatic carbocycles. The third-order valence-corrected chi connectivity index (χ3v) is 6.00. The number of carbonyl (C=O) groups is 3. The van der Waals surface area contributed by atoms with Crippen molar-refractivity contribution in [2.45, 2.75) is 6.92 Å². The molecule has 9 heteroatoms. The lowest BCUT2D eigenvalue weighted by atomic mass is 10.1. The Kier molecular flexibility index (Phi) is 5.62. The van der Waals surface area contributed by atoms with Crippen LogP contribution in [0.4, 0.5) is 10.5 Å². The van der Waals surface area contributed by atoms with Crippen LogP contribution in [0.2, 0.25) is 15.1 Å². The van der Waals surface area contributed by atoms with Crippen LogP contribution in [0.15, 0.2) is 60.3 Å². The highest BCUT2D eigenvalue weighted by Gasteiger charge is 2.38. The van der Waals surface area contributed by atoms with Gasteiger partial charge in [-0.2, -0.15) is 0 Å². The van der Waals surface area contributed by atoms with E-state index in [1.54, 1.807) is 35.0 Å². The summed E-state index contributed by atoms with van der Waals surface area (Å²) in [6, 6.07) is 12.7. The number of carbonyl (C=O) groups excluding carboxylic acids is 3. The number of amides is 4. The van der Waals surface area contributed by atoms with E-state index in [0.717, 1.165) is 16.2 Å². The summed E-state index contributed by atoms with van der Waals surface area (Å²) in [6.45, 7) is 1.89. The first kappa shape index (κ1) is 21.2. The maximum atomic E-state index is 13.1. The first-order valence-electron chi connectivity index (χ1n) is 9.07. The number of aryl methyl sites for hydroxylation is 1. The van der Waals surface area contributed by atoms with Gasteiger partial charge >= 0.3 is 6.03 Å². The molecule has 4 rings (SSSR count). The van der Waals surface area contributed by atoms with Crippen molar-refractivity contribution in [1.29, 1.82) is 0 Å². The molecule has 3 aromatic rings. The first-order chi connectivity index (χ1) is 14.8. The van der Waals surface area contributed by atoms with Crippen molar-refractivity contribution in [2.75, 3.05) is 4.90 Å². The molecule has 0 spiro atoms. The molecule has 156 valence electrons. The van der Waals surface area contributed by atoms with Crippen molar-refractivity contribution in [1.82, 2.24) is 9.88 Å². The van der Waals surface area contributed by atoms with E-state index in [4.69, 9.17) is 34.8 Å². The van der Waals surface area contributed by atoms with Crippen molar-refractivity contribution in [2.24, 2.45) is 0 Å². The standard InChI is InChI=1S/C22H14Cl3N3O3/c1-12-7-8-14(11-17(12)24)27-9-3-4-13(27)10-15-20(29)26-22(31)28(21(15)30)18-6-2-5-16(23)19(18)25/h2-11H,1H3,(H,26,29,31)/b15-10+. The normalized spacial score (nSPS) is 15.5. The van der Waals surface area contributed by atoms with Crippen molar-refractivity contribution in [3.05, 3.63) is 86.6 Å². The molecule has 0 radical (unpaired) electrons. The quantitative estimate of drug-likeness (QED) is 0.407. The van der Waals surface area contributed by atoms with Crippen LogP contribution in [0.3, 0.4) is 0 Å². The molecule has 4 amide bonds. The van der Waals surface area contributed by atoms with Crippen molar-refractivity contribution < 1.29 is 14.4 Å². The number of nitrogens with one attached hydrogen (secondary N) is 1. The fraction of sp³-hybridized carbons (Fsp3) is 0.0455. The van der Waals surface area contributed by atoms with Gasteiger partial charge in [0.1, 0.15) is 5.57 Å². The average molecular weight is 475 g/mol. The number of rotatable bonds is 3. The predicted molar refractivity (Wildman–Crippen MR) is 121 cm³/mol. The molecule has 0 bridgehead atoms. The van der Waals surface area contributed by atoms with E-state index in [0.29, 0.717) is 10.7 Å². The lowest BCUT2D eigenvalue weighted by Gasteiger charge is -2.27. The minimum Gasteiger partial charge on any atom is -0.317 e. The number of halogens is 3. The van der Waals surface area contributed by atoms with Crippen LogP contribution < -0.4 is 10.2 Å². The van der Waals surface area contributed by atoms with Crippen molar-refractivity contribution in [3.63, 3.8) is 0 Å². The highest BCUT2D eigenvalue weighted by molar-refractivity contribution is 6.46. The minimum atomic E-state index is -0.906. The summed E-state index contributed by atoms with van der Waals surface area (Å²) >= 11 is 18.5. The zero-order valence-electron chi connectivity index (χ0n) is 16.0. The van der Waals surface area contributed by atoms with Crippen molar-refractivity contribution >= 4 is 64.4 Å². The number of imide groups is 2. The smallest absolute Gasteiger partial charge is 0.317 e. The number of hydrogen-bond donors (Lipinski definition) is 1. The molecule has 1 aliphatic heterocycles. The molecular weight excluding hydrogens is 461 g/mol. The van der Waals surface area contributed by atoms with Gasteiger partial charge in [0.05, 0.1) is 15.7 Å². The highest BCUT2D eigenvalue weighted by atomic mass is 35.5. The summed E-state index contributed by atoms with van der Waals surface area (Å²) in [4.78, 5) is 38.8. The summed E-state index contributed by atoms with van der Waals surface area (Å²) in [6.07, 6.45) is 3.18. The molecule has 1 N–H and O–H groups in total. The summed E-state index contributed by atoms with van der Waals surface area (Å²) in [5, 5.41) is 2.96. The van der Waals surface area contributed by atoms with E-state index in [2.05, 4.69) is 5.32 Å². The second-order valence-corrected chi connectivity index (χ2v) is 7.96. The topological polar surface area (TPSA) is 71.4 Å². The summed E-state index contributed by atoms with van der Waals surface area (Å²) in [7, 11) is 0. The summed E-state index contributed by atoms with van der Waals surface area (Å²) < 4.78 is 1.77. The SMILES string of the molecule is Cc1ccc(-n2cccc2/C=C2\C(=O)NC(=O)N(c3cccc(Cl)c3Cl)C2=O)cc1Cl. The molecule has 1 fully saturated rings. The molecule has 6 nitrogen and oxygen atoms in total. The van der Waals surface area contributed by atoms with E-state index in [9.17, 15) is 14.4 Å². The second-order valence-electron chi connectivity index (χ2n) is 6.77. The average Bonchev–Trinajstić information content (AvgIpc) is 3.18. The van der Waals surface area contributed by atoms with E-state index >= 15 is 0 Å². The number of nitrogens with zero attached hydrogens (tertiary/aromatic N) is 2. The molecule has 0 atom stereocenters. The van der Waals surface area contributed by atoms with Gasteiger partial charge < -0.3 is 4.57 Å². The molecule has 1 aromatic heterocycles. The Balaban J connectivity index is 1.78. The Labute approximate surface area is 192 Å². The predicted octanol–water partition coefficient (Wildman–Crippen LogP) is 5.41. The molecule has 1 saturated heterocycles. The molecule has 0 aliphatic carbocycles. The van der Waals surface area contributed by atoms with Crippen LogP contribution in [0.5, 0.6) is 0 Å². The third kappa shape index (κ3) is 3.85. The van der Waals surface area contributed by atoms with Gasteiger partial charge in [-0.1, -0.05) is 46.9 Å². The van der Waals surface area contributed by atoms with E-state index in [-0.39, 0.29) is 21.3 Å². The Hall–Kier alpha value is -3.06. The van der Waals surface area contributed by atoms with Gasteiger partial charge in [-0.05, 0) is 55.0 Å². The Bertz CT molecular complexity index is 1280. The van der Waals surface area contributed by atoms with Crippen LogP contribution in [0.25, 0.3) is 11.8 Å². The van der Waals surface area contributed by atoms with Gasteiger partial charge in [-0.25, -0.2) is 9.69 Å². The van der Waals surface area contributed by atoms with Crippen molar-refractivity contribution in [3.8, 4) is 5.69 Å². The summed E-state index contributed by atoms with van der Waals surface area (Å²) in [5.74, 6) is -1.62. The first-order valence-corrected chi connectivity index (χ1v) is 10.2. The lowest BCUT2D eigenvalue weighted by molar-refractivity contribution is -0.122. The fourth-order valence-electron chi connectivity index (χ4n) is 3.17. The molecule has 0 saturated carbocycles. The van der Waals surface area contributed by atoms with Gasteiger partial charge in [0.2, 0.25) is 0 Å². The van der Waals surface area contributed by atoms with Gasteiger partial charge in [0, 0.05) is 22.6 Å². The molecule has 0 unspecified atom stereocenters. The van der Waals surface area contributed by atoms with Gasteiger partial charge in [-0.3, -0.25) is 14.9 Å². The van der Waals surface area contributed by atoms with E-state index in [1.165, 1.54) is 18.2 Å². The Morgan fingerprint density at radius 1 is 0.935 bits per heavy atom. The van der Waals surface area contributed by atoms with Gasteiger partial charge in [-0.15, -0.1) is 0 Å². The van der Waals surface area contributed by atoms with Crippen LogP contribution in [-0.4, -0.2) is 22.4 Å². The number of benzene rings is 2. The summed E-state index contributed by atoms with van der Waals surface area (Å²) in [5.41, 5.74) is 2.07. The minimum absolute atomic E-state index is 0.0269. The number of hydrogen-bond acceptors (Lipinski definition) is 3. The number of barbiturate groups is 1. The van der Waals surface area contributed by atoms with Gasteiger partial charge in [0.25, 0.3) is 11.8 Å². The van der Waals surface area contributed by atoms with Gasteiger partial charge in [0.15, 0.2) is 0 Å². The number of urea groups is 1. The second kappa shape index (κ2) is 8.23. The van der Waals surface area contributed by atoms with Crippen LogP contribution >= 0.6 is 34.8 Å². The van der Waals surface area contributed by atoms with E-state index < -0.39 is 17.8 Å². The molecular formula is C22H14Cl3N3O3. The number of anilines is 1.